The summed E-state index contributed by atoms with van der Waals surface area (Å²) in [4.78, 5) is 13.8. The summed E-state index contributed by atoms with van der Waals surface area (Å²) in [5, 5.41) is 0. The second-order valence-electron chi connectivity index (χ2n) is 4.83. The van der Waals surface area contributed by atoms with Crippen molar-refractivity contribution in [3.63, 3.8) is 0 Å². The summed E-state index contributed by atoms with van der Waals surface area (Å²) in [6.45, 7) is 0.693. The lowest BCUT2D eigenvalue weighted by Crippen LogP contribution is -2.23. The number of rotatable bonds is 2. The topological polar surface area (TPSA) is 46.3 Å². The largest absolute Gasteiger partial charge is 0.399 e. The number of halogens is 2. The number of hydrogen-bond acceptors (Lipinski definition) is 2. The minimum Gasteiger partial charge on any atom is -0.399 e. The lowest BCUT2D eigenvalue weighted by atomic mass is 10.1. The van der Waals surface area contributed by atoms with Gasteiger partial charge in [-0.2, -0.15) is 0 Å². The molecule has 1 aliphatic heterocycles. The number of nitrogens with zero attached hydrogens (tertiary/aromatic N) is 1. The molecule has 1 amide bonds. The van der Waals surface area contributed by atoms with Gasteiger partial charge in [0.15, 0.2) is 11.6 Å². The van der Waals surface area contributed by atoms with Gasteiger partial charge in [0.05, 0.1) is 0 Å². The number of benzene rings is 2. The van der Waals surface area contributed by atoms with Crippen molar-refractivity contribution in [2.75, 3.05) is 5.73 Å². The number of carbonyl (C=O) groups excluding carboxylic acids is 1. The molecule has 0 fully saturated rings. The van der Waals surface area contributed by atoms with Crippen LogP contribution in [0.4, 0.5) is 14.5 Å². The Kier molecular flexibility index (Phi) is 2.89. The zero-order valence-corrected chi connectivity index (χ0v) is 10.6. The minimum atomic E-state index is -0.907. The Labute approximate surface area is 114 Å². The highest BCUT2D eigenvalue weighted by Crippen LogP contribution is 2.26. The SMILES string of the molecule is Nc1ccc2c(c1)C(=O)N(Cc1ccc(F)c(F)c1)C2. The molecule has 0 radical (unpaired) electrons. The molecule has 0 spiro atoms. The van der Waals surface area contributed by atoms with E-state index < -0.39 is 11.6 Å². The van der Waals surface area contributed by atoms with Crippen molar-refractivity contribution in [3.05, 3.63) is 64.7 Å². The quantitative estimate of drug-likeness (QED) is 0.856. The van der Waals surface area contributed by atoms with Crippen LogP contribution in [-0.2, 0) is 13.1 Å². The fraction of sp³-hybridized carbons (Fsp3) is 0.133. The maximum atomic E-state index is 13.2. The second-order valence-corrected chi connectivity index (χ2v) is 4.83. The predicted molar refractivity (Wildman–Crippen MR) is 70.8 cm³/mol. The standard InChI is InChI=1S/C15H12F2N2O/c16-13-4-1-9(5-14(13)17)7-19-8-10-2-3-11(18)6-12(10)15(19)20/h1-6H,7-8,18H2. The van der Waals surface area contributed by atoms with E-state index in [1.165, 1.54) is 6.07 Å². The van der Waals surface area contributed by atoms with Crippen LogP contribution in [0.25, 0.3) is 0 Å². The Morgan fingerprint density at radius 3 is 2.65 bits per heavy atom. The van der Waals surface area contributed by atoms with Crippen molar-refractivity contribution >= 4 is 11.6 Å². The summed E-state index contributed by atoms with van der Waals surface area (Å²) in [5.41, 5.74) is 8.23. The van der Waals surface area contributed by atoms with Crippen LogP contribution in [-0.4, -0.2) is 10.8 Å². The fourth-order valence-corrected chi connectivity index (χ4v) is 2.36. The Bertz CT molecular complexity index is 700. The molecule has 20 heavy (non-hydrogen) atoms. The Balaban J connectivity index is 1.84. The third-order valence-electron chi connectivity index (χ3n) is 3.37. The first-order valence-electron chi connectivity index (χ1n) is 6.16. The van der Waals surface area contributed by atoms with Crippen LogP contribution in [0.2, 0.25) is 0 Å². The van der Waals surface area contributed by atoms with E-state index in [-0.39, 0.29) is 12.5 Å². The third-order valence-corrected chi connectivity index (χ3v) is 3.37. The molecule has 102 valence electrons. The molecule has 2 N–H and O–H groups in total. The van der Waals surface area contributed by atoms with Gasteiger partial charge in [-0.05, 0) is 35.4 Å². The van der Waals surface area contributed by atoms with Crippen molar-refractivity contribution in [1.29, 1.82) is 0 Å². The molecule has 1 heterocycles. The Hall–Kier alpha value is -2.43. The molecule has 0 saturated carbocycles. The van der Waals surface area contributed by atoms with Crippen molar-refractivity contribution in [3.8, 4) is 0 Å². The molecule has 0 aromatic heterocycles. The molecule has 1 aliphatic rings. The second kappa shape index (κ2) is 4.59. The maximum Gasteiger partial charge on any atom is 0.254 e. The van der Waals surface area contributed by atoms with Crippen molar-refractivity contribution < 1.29 is 13.6 Å². The van der Waals surface area contributed by atoms with Crippen LogP contribution in [0.1, 0.15) is 21.5 Å². The van der Waals surface area contributed by atoms with Gasteiger partial charge in [-0.1, -0.05) is 12.1 Å². The van der Waals surface area contributed by atoms with Crippen molar-refractivity contribution in [2.24, 2.45) is 0 Å². The highest BCUT2D eigenvalue weighted by atomic mass is 19.2. The van der Waals surface area contributed by atoms with Gasteiger partial charge in [-0.3, -0.25) is 4.79 Å². The van der Waals surface area contributed by atoms with E-state index in [0.29, 0.717) is 23.4 Å². The lowest BCUT2D eigenvalue weighted by molar-refractivity contribution is 0.0766. The number of amides is 1. The van der Waals surface area contributed by atoms with Gasteiger partial charge < -0.3 is 10.6 Å². The zero-order valence-electron chi connectivity index (χ0n) is 10.6. The molecule has 3 rings (SSSR count). The third kappa shape index (κ3) is 2.11. The molecule has 0 bridgehead atoms. The van der Waals surface area contributed by atoms with Gasteiger partial charge in [0, 0.05) is 24.3 Å². The molecule has 0 saturated heterocycles. The molecule has 0 unspecified atom stereocenters. The normalized spacial score (nSPS) is 13.7. The first kappa shape index (κ1) is 12.6. The average molecular weight is 274 g/mol. The monoisotopic (exact) mass is 274 g/mol. The fourth-order valence-electron chi connectivity index (χ4n) is 2.36. The van der Waals surface area contributed by atoms with E-state index in [9.17, 15) is 13.6 Å². The minimum absolute atomic E-state index is 0.142. The van der Waals surface area contributed by atoms with E-state index in [1.54, 1.807) is 17.0 Å². The number of nitrogens with two attached hydrogens (primary N) is 1. The molecule has 0 atom stereocenters. The van der Waals surface area contributed by atoms with E-state index in [0.717, 1.165) is 17.7 Å². The van der Waals surface area contributed by atoms with E-state index in [4.69, 9.17) is 5.73 Å². The molecular weight excluding hydrogens is 262 g/mol. The van der Waals surface area contributed by atoms with Crippen molar-refractivity contribution in [1.82, 2.24) is 4.90 Å². The van der Waals surface area contributed by atoms with Crippen LogP contribution >= 0.6 is 0 Å². The molecule has 3 nitrogen and oxygen atoms in total. The van der Waals surface area contributed by atoms with E-state index >= 15 is 0 Å². The summed E-state index contributed by atoms with van der Waals surface area (Å²) in [6.07, 6.45) is 0. The summed E-state index contributed by atoms with van der Waals surface area (Å²) < 4.78 is 26.1. The highest BCUT2D eigenvalue weighted by molar-refractivity contribution is 5.99. The van der Waals surface area contributed by atoms with Gasteiger partial charge in [-0.15, -0.1) is 0 Å². The first-order valence-corrected chi connectivity index (χ1v) is 6.16. The molecular formula is C15H12F2N2O. The lowest BCUT2D eigenvalue weighted by Gasteiger charge is -2.15. The Morgan fingerprint density at radius 1 is 1.10 bits per heavy atom. The summed E-state index contributed by atoms with van der Waals surface area (Å²) in [6, 6.07) is 8.85. The molecule has 5 heteroatoms. The number of nitrogen functional groups attached to an aromatic ring is 1. The predicted octanol–water partition coefficient (Wildman–Crippen LogP) is 2.70. The number of anilines is 1. The van der Waals surface area contributed by atoms with Gasteiger partial charge >= 0.3 is 0 Å². The average Bonchev–Trinajstić information content (AvgIpc) is 2.71. The maximum absolute atomic E-state index is 13.2. The number of carbonyl (C=O) groups is 1. The van der Waals surface area contributed by atoms with Crippen LogP contribution < -0.4 is 5.73 Å². The van der Waals surface area contributed by atoms with Gasteiger partial charge in [0.25, 0.3) is 5.91 Å². The van der Waals surface area contributed by atoms with Crippen LogP contribution in [0.3, 0.4) is 0 Å². The van der Waals surface area contributed by atoms with E-state index in [1.807, 2.05) is 6.07 Å². The van der Waals surface area contributed by atoms with Crippen molar-refractivity contribution in [2.45, 2.75) is 13.1 Å². The van der Waals surface area contributed by atoms with Crippen LogP contribution in [0, 0.1) is 11.6 Å². The van der Waals surface area contributed by atoms with Gasteiger partial charge in [-0.25, -0.2) is 8.78 Å². The first-order chi connectivity index (χ1) is 9.54. The summed E-state index contributed by atoms with van der Waals surface area (Å²) >= 11 is 0. The smallest absolute Gasteiger partial charge is 0.254 e. The van der Waals surface area contributed by atoms with Crippen LogP contribution in [0.5, 0.6) is 0 Å². The van der Waals surface area contributed by atoms with Gasteiger partial charge in [0.1, 0.15) is 0 Å². The van der Waals surface area contributed by atoms with Crippen LogP contribution in [0.15, 0.2) is 36.4 Å². The zero-order chi connectivity index (χ0) is 14.3. The number of fused-ring (bicyclic) bond motifs is 1. The van der Waals surface area contributed by atoms with Gasteiger partial charge in [0.2, 0.25) is 0 Å². The molecule has 2 aromatic carbocycles. The van der Waals surface area contributed by atoms with E-state index in [2.05, 4.69) is 0 Å². The highest BCUT2D eigenvalue weighted by Gasteiger charge is 2.27. The molecule has 2 aromatic rings. The molecule has 0 aliphatic carbocycles. The Morgan fingerprint density at radius 2 is 1.90 bits per heavy atom. The number of hydrogen-bond donors (Lipinski definition) is 1. The summed E-state index contributed by atoms with van der Waals surface area (Å²) in [7, 11) is 0. The summed E-state index contributed by atoms with van der Waals surface area (Å²) in [5.74, 6) is -1.94.